The van der Waals surface area contributed by atoms with E-state index in [1.54, 1.807) is 32.9 Å². The molecule has 0 saturated heterocycles. The molecule has 0 aromatic heterocycles. The Bertz CT molecular complexity index is 1160. The number of hydrogen-bond donors (Lipinski definition) is 3. The van der Waals surface area contributed by atoms with Crippen LogP contribution in [0.5, 0.6) is 0 Å². The predicted octanol–water partition coefficient (Wildman–Crippen LogP) is 3.91. The van der Waals surface area contributed by atoms with Crippen LogP contribution >= 0.6 is 0 Å². The Hall–Kier alpha value is -3.88. The van der Waals surface area contributed by atoms with Gasteiger partial charge in [0, 0.05) is 19.2 Å². The minimum Gasteiger partial charge on any atom is -0.444 e. The van der Waals surface area contributed by atoms with Gasteiger partial charge in [-0.3, -0.25) is 14.4 Å². The molecule has 2 aromatic carbocycles. The fourth-order valence-corrected chi connectivity index (χ4v) is 3.77. The summed E-state index contributed by atoms with van der Waals surface area (Å²) in [5.74, 6) is -1.59. The molecule has 2 atom stereocenters. The molecule has 9 heteroatoms. The first-order chi connectivity index (χ1) is 17.2. The highest BCUT2D eigenvalue weighted by atomic mass is 16.6. The van der Waals surface area contributed by atoms with Crippen molar-refractivity contribution in [2.75, 3.05) is 12.4 Å². The van der Waals surface area contributed by atoms with Crippen LogP contribution in [-0.2, 0) is 19.1 Å². The zero-order valence-electron chi connectivity index (χ0n) is 22.7. The molecule has 0 heterocycles. The number of primary amides is 1. The van der Waals surface area contributed by atoms with Gasteiger partial charge in [0.2, 0.25) is 11.8 Å². The molecule has 0 aliphatic heterocycles. The molecule has 0 aliphatic carbocycles. The van der Waals surface area contributed by atoms with Gasteiger partial charge < -0.3 is 26.0 Å². The second-order valence-electron chi connectivity index (χ2n) is 10.2. The Morgan fingerprint density at radius 3 is 2.19 bits per heavy atom. The van der Waals surface area contributed by atoms with Crippen LogP contribution in [0.1, 0.15) is 61.9 Å². The van der Waals surface area contributed by atoms with Gasteiger partial charge in [0.25, 0.3) is 5.91 Å². The van der Waals surface area contributed by atoms with Crippen LogP contribution in [0.2, 0.25) is 0 Å². The molecular formula is C28H38N4O5. The zero-order valence-corrected chi connectivity index (χ0v) is 22.7. The number of rotatable bonds is 9. The zero-order chi connectivity index (χ0) is 27.9. The maximum Gasteiger partial charge on any atom is 0.408 e. The topological polar surface area (TPSA) is 131 Å². The average Bonchev–Trinajstić information content (AvgIpc) is 2.78. The molecule has 200 valence electrons. The fourth-order valence-electron chi connectivity index (χ4n) is 3.77. The van der Waals surface area contributed by atoms with Crippen molar-refractivity contribution in [2.45, 2.75) is 72.1 Å². The Morgan fingerprint density at radius 2 is 1.62 bits per heavy atom. The van der Waals surface area contributed by atoms with E-state index in [4.69, 9.17) is 10.5 Å². The highest BCUT2D eigenvalue weighted by Gasteiger charge is 2.34. The van der Waals surface area contributed by atoms with Gasteiger partial charge in [-0.05, 0) is 76.3 Å². The van der Waals surface area contributed by atoms with Gasteiger partial charge >= 0.3 is 6.09 Å². The Kier molecular flexibility index (Phi) is 9.82. The third-order valence-electron chi connectivity index (χ3n) is 5.90. The molecule has 37 heavy (non-hydrogen) atoms. The van der Waals surface area contributed by atoms with E-state index in [0.717, 1.165) is 16.7 Å². The van der Waals surface area contributed by atoms with Gasteiger partial charge in [-0.2, -0.15) is 0 Å². The first-order valence-electron chi connectivity index (χ1n) is 12.2. The number of benzene rings is 2. The number of para-hydroxylation sites is 1. The number of amides is 4. The van der Waals surface area contributed by atoms with Crippen molar-refractivity contribution in [1.82, 2.24) is 10.2 Å². The lowest BCUT2D eigenvalue weighted by Gasteiger charge is -2.32. The van der Waals surface area contributed by atoms with E-state index in [2.05, 4.69) is 10.6 Å². The summed E-state index contributed by atoms with van der Waals surface area (Å²) >= 11 is 0. The summed E-state index contributed by atoms with van der Waals surface area (Å²) in [6.45, 7) is 10.9. The largest absolute Gasteiger partial charge is 0.444 e. The van der Waals surface area contributed by atoms with E-state index < -0.39 is 41.5 Å². The second-order valence-corrected chi connectivity index (χ2v) is 10.2. The molecule has 2 unspecified atom stereocenters. The number of likely N-dealkylation sites (N-methyl/N-ethyl adjacent to an activating group) is 1. The van der Waals surface area contributed by atoms with Gasteiger partial charge in [-0.15, -0.1) is 0 Å². The van der Waals surface area contributed by atoms with E-state index in [9.17, 15) is 19.2 Å². The van der Waals surface area contributed by atoms with Crippen LogP contribution in [0, 0.1) is 20.8 Å². The summed E-state index contributed by atoms with van der Waals surface area (Å²) in [6, 6.07) is 10.7. The molecular weight excluding hydrogens is 472 g/mol. The number of carbonyl (C=O) groups is 4. The molecule has 2 rings (SSSR count). The first-order valence-corrected chi connectivity index (χ1v) is 12.2. The molecule has 0 saturated carbocycles. The van der Waals surface area contributed by atoms with Crippen molar-refractivity contribution in [3.8, 4) is 0 Å². The SMILES string of the molecule is Cc1ccc(C(C(=O)Nc2ccccc2C)N(C)C(=O)C(CCC(N)=O)NC(=O)OC(C)(C)C)cc1C. The van der Waals surface area contributed by atoms with Gasteiger partial charge in [0.15, 0.2) is 0 Å². The maximum absolute atomic E-state index is 13.7. The second kappa shape index (κ2) is 12.4. The van der Waals surface area contributed by atoms with Crippen LogP contribution in [-0.4, -0.2) is 47.4 Å². The van der Waals surface area contributed by atoms with Crippen LogP contribution in [0.25, 0.3) is 0 Å². The van der Waals surface area contributed by atoms with Gasteiger partial charge in [0.05, 0.1) is 0 Å². The molecule has 0 radical (unpaired) electrons. The lowest BCUT2D eigenvalue weighted by atomic mass is 9.98. The lowest BCUT2D eigenvalue weighted by molar-refractivity contribution is -0.139. The van der Waals surface area contributed by atoms with Crippen molar-refractivity contribution in [3.63, 3.8) is 0 Å². The highest BCUT2D eigenvalue weighted by molar-refractivity contribution is 5.99. The molecule has 0 fully saturated rings. The molecule has 0 aliphatic rings. The van der Waals surface area contributed by atoms with Crippen molar-refractivity contribution in [1.29, 1.82) is 0 Å². The number of hydrogen-bond acceptors (Lipinski definition) is 5. The molecule has 0 spiro atoms. The van der Waals surface area contributed by atoms with E-state index in [0.29, 0.717) is 11.3 Å². The predicted molar refractivity (Wildman–Crippen MR) is 143 cm³/mol. The fraction of sp³-hybridized carbons (Fsp3) is 0.429. The summed E-state index contributed by atoms with van der Waals surface area (Å²) in [5, 5.41) is 5.46. The Balaban J connectivity index is 2.43. The maximum atomic E-state index is 13.7. The number of ether oxygens (including phenoxy) is 1. The summed E-state index contributed by atoms with van der Waals surface area (Å²) in [5.41, 5.74) is 8.63. The molecule has 4 N–H and O–H groups in total. The van der Waals surface area contributed by atoms with E-state index in [1.165, 1.54) is 11.9 Å². The number of nitrogens with one attached hydrogen (secondary N) is 2. The minimum absolute atomic E-state index is 0.0448. The normalized spacial score (nSPS) is 12.7. The summed E-state index contributed by atoms with van der Waals surface area (Å²) in [7, 11) is 1.49. The van der Waals surface area contributed by atoms with E-state index >= 15 is 0 Å². The molecule has 2 aromatic rings. The number of nitrogens with two attached hydrogens (primary N) is 1. The smallest absolute Gasteiger partial charge is 0.408 e. The average molecular weight is 511 g/mol. The number of alkyl carbamates (subject to hydrolysis) is 1. The van der Waals surface area contributed by atoms with E-state index in [1.807, 2.05) is 51.1 Å². The van der Waals surface area contributed by atoms with Gasteiger partial charge in [-0.25, -0.2) is 4.79 Å². The monoisotopic (exact) mass is 510 g/mol. The number of nitrogens with zero attached hydrogens (tertiary/aromatic N) is 1. The minimum atomic E-state index is -1.13. The highest BCUT2D eigenvalue weighted by Crippen LogP contribution is 2.26. The molecule has 4 amide bonds. The third-order valence-corrected chi connectivity index (χ3v) is 5.90. The molecule has 0 bridgehead atoms. The van der Waals surface area contributed by atoms with Gasteiger partial charge in [0.1, 0.15) is 17.7 Å². The van der Waals surface area contributed by atoms with Crippen LogP contribution in [0.15, 0.2) is 42.5 Å². The Labute approximate surface area is 218 Å². The number of carbonyl (C=O) groups excluding carboxylic acids is 4. The van der Waals surface area contributed by atoms with Crippen LogP contribution in [0.4, 0.5) is 10.5 Å². The van der Waals surface area contributed by atoms with Crippen molar-refractivity contribution in [3.05, 3.63) is 64.7 Å². The van der Waals surface area contributed by atoms with E-state index in [-0.39, 0.29) is 12.8 Å². The summed E-state index contributed by atoms with van der Waals surface area (Å²) in [6.07, 6.45) is -0.989. The van der Waals surface area contributed by atoms with Gasteiger partial charge in [-0.1, -0.05) is 36.4 Å². The number of aryl methyl sites for hydroxylation is 3. The Morgan fingerprint density at radius 1 is 0.973 bits per heavy atom. The van der Waals surface area contributed by atoms with Crippen LogP contribution < -0.4 is 16.4 Å². The first kappa shape index (κ1) is 29.4. The summed E-state index contributed by atoms with van der Waals surface area (Å²) < 4.78 is 5.30. The standard InChI is InChI=1S/C28H38N4O5/c1-17-12-13-20(16-19(17)3)24(25(34)30-21-11-9-8-10-18(21)2)32(7)26(35)22(14-15-23(29)33)31-27(36)37-28(4,5)6/h8-13,16,22,24H,14-15H2,1-7H3,(H2,29,33)(H,30,34)(H,31,36). The van der Waals surface area contributed by atoms with Crippen molar-refractivity contribution in [2.24, 2.45) is 5.73 Å². The van der Waals surface area contributed by atoms with Crippen molar-refractivity contribution < 1.29 is 23.9 Å². The van der Waals surface area contributed by atoms with Crippen molar-refractivity contribution >= 4 is 29.5 Å². The lowest BCUT2D eigenvalue weighted by Crippen LogP contribution is -2.51. The van der Waals surface area contributed by atoms with Crippen LogP contribution in [0.3, 0.4) is 0 Å². The third kappa shape index (κ3) is 8.63. The quantitative estimate of drug-likeness (QED) is 0.471. The number of anilines is 1. The molecule has 9 nitrogen and oxygen atoms in total. The summed E-state index contributed by atoms with van der Waals surface area (Å²) in [4.78, 5) is 52.5.